The molecule has 0 unspecified atom stereocenters. The Morgan fingerprint density at radius 3 is 2.62 bits per heavy atom. The molecule has 4 atom stereocenters. The van der Waals surface area contributed by atoms with E-state index in [1.54, 1.807) is 13.8 Å². The van der Waals surface area contributed by atoms with Gasteiger partial charge < -0.3 is 29.9 Å². The molecule has 0 radical (unpaired) electrons. The van der Waals surface area contributed by atoms with Crippen LogP contribution in [0.2, 0.25) is 0 Å². The summed E-state index contributed by atoms with van der Waals surface area (Å²) in [5.74, 6) is -3.83. The fourth-order valence-electron chi connectivity index (χ4n) is 4.92. The van der Waals surface area contributed by atoms with Crippen molar-refractivity contribution in [3.63, 3.8) is 0 Å². The van der Waals surface area contributed by atoms with E-state index in [-0.39, 0.29) is 30.3 Å². The van der Waals surface area contributed by atoms with Crippen LogP contribution in [0, 0.1) is 28.9 Å². The number of halogens is 2. The zero-order valence-corrected chi connectivity index (χ0v) is 22.1. The Kier molecular flexibility index (Phi) is 7.68. The van der Waals surface area contributed by atoms with E-state index in [1.807, 2.05) is 6.07 Å². The lowest BCUT2D eigenvalue weighted by Gasteiger charge is -2.35. The molecule has 11 nitrogen and oxygen atoms in total. The molecule has 1 spiro atoms. The fraction of sp³-hybridized carbons (Fsp3) is 0.577. The largest absolute Gasteiger partial charge is 0.473 e. The van der Waals surface area contributed by atoms with Crippen molar-refractivity contribution >= 4 is 29.5 Å². The van der Waals surface area contributed by atoms with Gasteiger partial charge in [-0.3, -0.25) is 14.4 Å². The summed E-state index contributed by atoms with van der Waals surface area (Å²) >= 11 is 0. The molecule has 39 heavy (non-hydrogen) atoms. The van der Waals surface area contributed by atoms with Gasteiger partial charge in [-0.05, 0) is 33.1 Å². The van der Waals surface area contributed by atoms with Crippen LogP contribution in [-0.4, -0.2) is 77.0 Å². The zero-order chi connectivity index (χ0) is 28.6. The van der Waals surface area contributed by atoms with Gasteiger partial charge in [0.1, 0.15) is 29.6 Å². The van der Waals surface area contributed by atoms with Crippen LogP contribution in [0.15, 0.2) is 12.1 Å². The molecule has 4 rings (SSSR count). The third kappa shape index (κ3) is 5.74. The topological polar surface area (TPSA) is 141 Å². The van der Waals surface area contributed by atoms with Gasteiger partial charge in [-0.25, -0.2) is 13.6 Å². The molecule has 0 bridgehead atoms. The minimum atomic E-state index is -1.74. The van der Waals surface area contributed by atoms with Crippen molar-refractivity contribution in [1.29, 1.82) is 5.26 Å². The van der Waals surface area contributed by atoms with Gasteiger partial charge in [-0.2, -0.15) is 5.26 Å². The molecular formula is C26H31F2N5O6. The van der Waals surface area contributed by atoms with E-state index < -0.39 is 65.3 Å². The molecular weight excluding hydrogens is 516 g/mol. The summed E-state index contributed by atoms with van der Waals surface area (Å²) in [5, 5.41) is 14.7. The van der Waals surface area contributed by atoms with Crippen molar-refractivity contribution in [2.45, 2.75) is 76.3 Å². The van der Waals surface area contributed by atoms with E-state index in [1.165, 1.54) is 23.8 Å². The van der Waals surface area contributed by atoms with E-state index in [4.69, 9.17) is 9.47 Å². The number of alkyl carbamates (subject to hydrolysis) is 1. The molecule has 2 aliphatic heterocycles. The fourth-order valence-corrected chi connectivity index (χ4v) is 4.92. The Hall–Kier alpha value is -3.95. The van der Waals surface area contributed by atoms with Crippen LogP contribution in [0.3, 0.4) is 0 Å². The number of benzene rings is 1. The lowest BCUT2D eigenvalue weighted by atomic mass is 9.97. The molecule has 1 saturated heterocycles. The number of fused-ring (bicyclic) bond motifs is 1. The Morgan fingerprint density at radius 2 is 2.00 bits per heavy atom. The molecule has 3 aliphatic rings. The molecule has 4 amide bonds. The van der Waals surface area contributed by atoms with Crippen molar-refractivity contribution in [2.75, 3.05) is 18.9 Å². The van der Waals surface area contributed by atoms with Gasteiger partial charge in [0.05, 0.1) is 18.7 Å². The summed E-state index contributed by atoms with van der Waals surface area (Å²) < 4.78 is 38.9. The molecule has 13 heteroatoms. The van der Waals surface area contributed by atoms with Crippen molar-refractivity contribution in [1.82, 2.24) is 15.1 Å². The highest BCUT2D eigenvalue weighted by Crippen LogP contribution is 2.42. The van der Waals surface area contributed by atoms with Crippen LogP contribution < -0.4 is 15.4 Å². The number of carbonyl (C=O) groups excluding carboxylic acids is 4. The molecule has 2 N–H and O–H groups in total. The smallest absolute Gasteiger partial charge is 0.408 e. The maximum atomic E-state index is 14.2. The lowest BCUT2D eigenvalue weighted by molar-refractivity contribution is -0.146. The number of ether oxygens (including phenoxy) is 2. The highest BCUT2D eigenvalue weighted by molar-refractivity contribution is 6.02. The van der Waals surface area contributed by atoms with Gasteiger partial charge in [0.15, 0.2) is 11.6 Å². The first-order valence-corrected chi connectivity index (χ1v) is 12.8. The average Bonchev–Trinajstić information content (AvgIpc) is 3.60. The number of likely N-dealkylation sites (N-methyl/N-ethyl adjacent to an activating group) is 1. The number of amides is 4. The van der Waals surface area contributed by atoms with Crippen LogP contribution in [0.5, 0.6) is 5.75 Å². The third-order valence-electron chi connectivity index (χ3n) is 7.13. The van der Waals surface area contributed by atoms with Crippen molar-refractivity contribution in [3.05, 3.63) is 23.8 Å². The van der Waals surface area contributed by atoms with Crippen LogP contribution in [0.4, 0.5) is 19.3 Å². The number of nitriles is 1. The maximum absolute atomic E-state index is 14.2. The predicted octanol–water partition coefficient (Wildman–Crippen LogP) is 2.31. The Labute approximate surface area is 224 Å². The second kappa shape index (κ2) is 10.7. The molecule has 2 heterocycles. The summed E-state index contributed by atoms with van der Waals surface area (Å²) in [6.07, 6.45) is 0.697. The van der Waals surface area contributed by atoms with Crippen molar-refractivity contribution in [3.8, 4) is 11.8 Å². The molecule has 1 aromatic carbocycles. The van der Waals surface area contributed by atoms with Crippen molar-refractivity contribution < 1.29 is 37.4 Å². The number of nitrogens with one attached hydrogen (secondary N) is 2. The second-order valence-electron chi connectivity index (χ2n) is 10.6. The maximum Gasteiger partial charge on any atom is 0.408 e. The Bertz CT molecular complexity index is 1230. The van der Waals surface area contributed by atoms with Crippen LogP contribution in [0.1, 0.15) is 46.5 Å². The summed E-state index contributed by atoms with van der Waals surface area (Å²) in [4.78, 5) is 54.5. The minimum absolute atomic E-state index is 0.201. The highest BCUT2D eigenvalue weighted by atomic mass is 19.1. The third-order valence-corrected chi connectivity index (χ3v) is 7.13. The number of hydrogen-bond donors (Lipinski definition) is 2. The first-order chi connectivity index (χ1) is 18.3. The number of likely N-dealkylation sites (tertiary alicyclic amines) is 1. The summed E-state index contributed by atoms with van der Waals surface area (Å²) in [5.41, 5.74) is -2.06. The summed E-state index contributed by atoms with van der Waals surface area (Å²) in [6.45, 7) is 4.45. The van der Waals surface area contributed by atoms with E-state index in [2.05, 4.69) is 10.6 Å². The molecule has 210 valence electrons. The molecule has 0 aromatic heterocycles. The van der Waals surface area contributed by atoms with Gasteiger partial charge in [-0.15, -0.1) is 0 Å². The highest BCUT2D eigenvalue weighted by Gasteiger charge is 2.57. The molecule has 2 fully saturated rings. The van der Waals surface area contributed by atoms with Gasteiger partial charge in [-0.1, -0.05) is 12.8 Å². The average molecular weight is 548 g/mol. The minimum Gasteiger partial charge on any atom is -0.473 e. The summed E-state index contributed by atoms with van der Waals surface area (Å²) in [7, 11) is 1.44. The van der Waals surface area contributed by atoms with Crippen LogP contribution >= 0.6 is 0 Å². The standard InChI is InChI=1S/C26H31F2N5O6/c1-13(2)38-25(37)30-14(3)22(34)32(4)19(7-15-5-6-15)23(35)33-12-26(10-17(33)11-29)24(36)31-21-18(28)8-16(27)9-20(21)39-26/h8-9,13-15,17,19H,5-7,10,12H2,1-4H3,(H,30,37)(H,31,36)/t14-,17-,19-,26+/m0/s1. The predicted molar refractivity (Wildman–Crippen MR) is 132 cm³/mol. The zero-order valence-electron chi connectivity index (χ0n) is 22.1. The monoisotopic (exact) mass is 547 g/mol. The quantitative estimate of drug-likeness (QED) is 0.534. The number of anilines is 1. The first kappa shape index (κ1) is 28.1. The van der Waals surface area contributed by atoms with E-state index in [0.717, 1.165) is 18.9 Å². The number of rotatable bonds is 7. The van der Waals surface area contributed by atoms with Gasteiger partial charge in [0.25, 0.3) is 5.91 Å². The van der Waals surface area contributed by atoms with Crippen LogP contribution in [-0.2, 0) is 19.1 Å². The van der Waals surface area contributed by atoms with Crippen LogP contribution in [0.25, 0.3) is 0 Å². The SMILES string of the molecule is CC(C)OC(=O)N[C@@H](C)C(=O)N(C)[C@@H](CC1CC1)C(=O)N1C[C@@]2(C[C@H]1C#N)Oc1cc(F)cc(F)c1NC2=O. The van der Waals surface area contributed by atoms with Gasteiger partial charge in [0.2, 0.25) is 17.4 Å². The normalized spacial score (nSPS) is 23.3. The van der Waals surface area contributed by atoms with E-state index in [9.17, 15) is 33.2 Å². The van der Waals surface area contributed by atoms with Gasteiger partial charge in [0, 0.05) is 25.6 Å². The van der Waals surface area contributed by atoms with E-state index in [0.29, 0.717) is 12.5 Å². The molecule has 1 aliphatic carbocycles. The number of hydrogen-bond acceptors (Lipinski definition) is 7. The Balaban J connectivity index is 1.55. The first-order valence-electron chi connectivity index (χ1n) is 12.8. The number of nitrogens with zero attached hydrogens (tertiary/aromatic N) is 3. The summed E-state index contributed by atoms with van der Waals surface area (Å²) in [6, 6.07) is 0.476. The molecule has 1 saturated carbocycles. The van der Waals surface area contributed by atoms with E-state index >= 15 is 0 Å². The lowest BCUT2D eigenvalue weighted by Crippen LogP contribution is -2.57. The Morgan fingerprint density at radius 1 is 1.31 bits per heavy atom. The number of carbonyl (C=O) groups is 4. The molecule has 1 aromatic rings. The van der Waals surface area contributed by atoms with Crippen molar-refractivity contribution in [2.24, 2.45) is 5.92 Å². The second-order valence-corrected chi connectivity index (χ2v) is 10.6. The van der Waals surface area contributed by atoms with Gasteiger partial charge >= 0.3 is 6.09 Å².